The van der Waals surface area contributed by atoms with E-state index in [2.05, 4.69) is 191 Å². The Morgan fingerprint density at radius 1 is 0.404 bits per heavy atom. The molecular weight excluding hydrogens is 796 g/mol. The van der Waals surface area contributed by atoms with Gasteiger partial charge in [-0.1, -0.05) is 51.5 Å². The van der Waals surface area contributed by atoms with Crippen LogP contribution in [0.1, 0.15) is 99.8 Å². The van der Waals surface area contributed by atoms with E-state index in [1.807, 2.05) is 0 Å². The first-order valence-corrected chi connectivity index (χ1v) is 28.9. The Kier molecular flexibility index (Phi) is 20.8. The number of anilines is 3. The van der Waals surface area contributed by atoms with Crippen molar-refractivity contribution in [1.82, 2.24) is 28.0 Å². The third kappa shape index (κ3) is 10.5. The molecule has 0 N–H and O–H groups in total. The molecule has 0 saturated carbocycles. The molecule has 57 heavy (non-hydrogen) atoms. The average Bonchev–Trinajstić information content (AvgIpc) is 3.21. The van der Waals surface area contributed by atoms with E-state index in [1.54, 1.807) is 0 Å². The van der Waals surface area contributed by atoms with Gasteiger partial charge in [-0.2, -0.15) is 18.7 Å². The Morgan fingerprint density at radius 2 is 0.684 bits per heavy atom. The average molecular weight is 876 g/mol. The second kappa shape index (κ2) is 23.4. The lowest BCUT2D eigenvalue weighted by Gasteiger charge is -2.43. The largest absolute Gasteiger partial charge is 0.302 e. The van der Waals surface area contributed by atoms with Crippen molar-refractivity contribution in [3.05, 3.63) is 71.3 Å². The molecule has 3 aromatic carbocycles. The quantitative estimate of drug-likeness (QED) is 0.0683. The highest BCUT2D eigenvalue weighted by atomic mass is 32.7. The van der Waals surface area contributed by atoms with Gasteiger partial charge in [0.15, 0.2) is 10.6 Å². The molecule has 0 spiro atoms. The molecule has 12 heteroatoms. The molecule has 0 unspecified atom stereocenters. The normalized spacial score (nSPS) is 12.8. The smallest absolute Gasteiger partial charge is 0.245 e. The number of aryl methyl sites for hydroxylation is 3. The molecule has 0 aliphatic rings. The monoisotopic (exact) mass is 876 g/mol. The fourth-order valence-electron chi connectivity index (χ4n) is 8.40. The van der Waals surface area contributed by atoms with Crippen molar-refractivity contribution in [3.63, 3.8) is 0 Å². The topological polar surface area (TPSA) is 22.7 Å². The Bertz CT molecular complexity index is 1550. The highest BCUT2D eigenvalue weighted by Crippen LogP contribution is 2.71. The van der Waals surface area contributed by atoms with E-state index in [0.29, 0.717) is 0 Å². The van der Waals surface area contributed by atoms with Crippen molar-refractivity contribution in [2.45, 2.75) is 104 Å². The van der Waals surface area contributed by atoms with Crippen LogP contribution in [0.15, 0.2) is 54.6 Å². The molecule has 0 heterocycles. The van der Waals surface area contributed by atoms with Crippen LogP contribution in [0.3, 0.4) is 0 Å². The van der Waals surface area contributed by atoms with Gasteiger partial charge in [0.25, 0.3) is 0 Å². The summed E-state index contributed by atoms with van der Waals surface area (Å²) in [5.41, 5.74) is 7.49. The summed E-state index contributed by atoms with van der Waals surface area (Å²) >= 11 is 12.0. The summed E-state index contributed by atoms with van der Waals surface area (Å²) < 4.78 is 16.0. The van der Waals surface area contributed by atoms with Crippen molar-refractivity contribution >= 4 is 79.2 Å². The summed E-state index contributed by atoms with van der Waals surface area (Å²) in [5.74, 6) is 0. The second-order valence-corrected chi connectivity index (χ2v) is 25.6. The minimum absolute atomic E-state index is 0.832. The summed E-state index contributed by atoms with van der Waals surface area (Å²) in [5, 5.41) is 4.04. The molecule has 0 fully saturated rings. The van der Waals surface area contributed by atoms with E-state index >= 15 is 0 Å². The maximum Gasteiger partial charge on any atom is 0.245 e. The first-order chi connectivity index (χ1) is 27.2. The van der Waals surface area contributed by atoms with Crippen molar-refractivity contribution in [2.75, 3.05) is 83.4 Å². The van der Waals surface area contributed by atoms with Crippen LogP contribution in [0.4, 0.5) is 17.1 Å². The number of thiol groups is 2. The van der Waals surface area contributed by atoms with Crippen LogP contribution >= 0.6 is 46.3 Å². The lowest BCUT2D eigenvalue weighted by atomic mass is 10.1. The summed E-state index contributed by atoms with van der Waals surface area (Å²) in [4.78, 5) is 2.68. The molecule has 0 amide bonds. The number of nitrogens with zero attached hydrogens (tertiary/aromatic N) is 7. The van der Waals surface area contributed by atoms with Gasteiger partial charge in [0.1, 0.15) is 0 Å². The maximum atomic E-state index is 5.99. The fraction of sp³-hybridized carbons (Fsp3) is 0.600. The van der Waals surface area contributed by atoms with Crippen molar-refractivity contribution in [1.29, 1.82) is 0 Å². The van der Waals surface area contributed by atoms with E-state index in [4.69, 9.17) is 24.5 Å². The third-order valence-electron chi connectivity index (χ3n) is 11.5. The zero-order chi connectivity index (χ0) is 42.7. The van der Waals surface area contributed by atoms with Gasteiger partial charge in [-0.25, -0.2) is 0 Å². The van der Waals surface area contributed by atoms with E-state index in [-0.39, 0.29) is 0 Å². The van der Waals surface area contributed by atoms with Crippen LogP contribution in [0.5, 0.6) is 0 Å². The molecule has 0 saturated heterocycles. The van der Waals surface area contributed by atoms with Gasteiger partial charge < -0.3 is 4.90 Å². The van der Waals surface area contributed by atoms with Gasteiger partial charge in [-0.05, 0) is 124 Å². The van der Waals surface area contributed by atoms with Crippen molar-refractivity contribution in [3.8, 4) is 0 Å². The minimum Gasteiger partial charge on any atom is -0.302 e. The third-order valence-corrected chi connectivity index (χ3v) is 26.2. The Morgan fingerprint density at radius 3 is 0.965 bits per heavy atom. The fourth-order valence-corrected chi connectivity index (χ4v) is 21.9. The van der Waals surface area contributed by atoms with Crippen LogP contribution in [-0.2, 0) is 0 Å². The van der Waals surface area contributed by atoms with Gasteiger partial charge in [0.2, 0.25) is 13.5 Å². The van der Waals surface area contributed by atoms with Gasteiger partial charge in [0, 0.05) is 108 Å². The van der Waals surface area contributed by atoms with E-state index in [9.17, 15) is 0 Å². The number of hydrogen-bond donors (Lipinski definition) is 2. The molecule has 3 rings (SSSR count). The lowest BCUT2D eigenvalue weighted by Crippen LogP contribution is -2.43. The van der Waals surface area contributed by atoms with Gasteiger partial charge >= 0.3 is 0 Å². The number of hydrogen-bond acceptors (Lipinski definition) is 9. The highest BCUT2D eigenvalue weighted by molar-refractivity contribution is 8.54. The molecule has 0 bridgehead atoms. The van der Waals surface area contributed by atoms with E-state index < -0.39 is 21.8 Å². The molecular formula is C45H80N7P3S2+2. The SMILES string of the molecule is CCN(CC)P(c1cc(C)ccc1N(c1ccc(C)cc1[P+](S)(N(CC)CC)N(CC)CC)c1ccc(C)cc1[P+](S)(N(CC)CC)N(CC)CC)N(CC)CC. The van der Waals surface area contributed by atoms with Gasteiger partial charge in [-0.3, -0.25) is 9.34 Å². The molecule has 0 aliphatic heterocycles. The molecule has 0 aliphatic carbocycles. The van der Waals surface area contributed by atoms with Crippen LogP contribution in [0.2, 0.25) is 0 Å². The van der Waals surface area contributed by atoms with E-state index in [1.165, 1.54) is 49.7 Å². The van der Waals surface area contributed by atoms with Crippen LogP contribution in [-0.4, -0.2) is 107 Å². The molecule has 320 valence electrons. The maximum absolute atomic E-state index is 5.99. The van der Waals surface area contributed by atoms with Crippen LogP contribution < -0.4 is 20.8 Å². The molecule has 0 radical (unpaired) electrons. The minimum atomic E-state index is -2.36. The van der Waals surface area contributed by atoms with Gasteiger partial charge in [-0.15, -0.1) is 0 Å². The Hall–Kier alpha value is -0.790. The van der Waals surface area contributed by atoms with Gasteiger partial charge in [0.05, 0.1) is 25.3 Å². The zero-order valence-corrected chi connectivity index (χ0v) is 43.0. The summed E-state index contributed by atoms with van der Waals surface area (Å²) in [6.07, 6.45) is 0. The summed E-state index contributed by atoms with van der Waals surface area (Å²) in [7, 11) is -0.832. The number of rotatable bonds is 24. The second-order valence-electron chi connectivity index (χ2n) is 14.6. The summed E-state index contributed by atoms with van der Waals surface area (Å²) in [6, 6.07) is 21.7. The molecule has 0 aromatic heterocycles. The predicted molar refractivity (Wildman–Crippen MR) is 270 cm³/mol. The zero-order valence-electron chi connectivity index (χ0n) is 38.5. The Labute approximate surface area is 364 Å². The first-order valence-electron chi connectivity index (χ1n) is 21.9. The molecule has 0 atom stereocenters. The predicted octanol–water partition coefficient (Wildman–Crippen LogP) is 11.7. The van der Waals surface area contributed by atoms with Crippen LogP contribution in [0, 0.1) is 20.8 Å². The highest BCUT2D eigenvalue weighted by Gasteiger charge is 2.54. The first kappa shape index (κ1) is 50.6. The molecule has 3 aromatic rings. The van der Waals surface area contributed by atoms with E-state index in [0.717, 1.165) is 78.5 Å². The van der Waals surface area contributed by atoms with Crippen molar-refractivity contribution < 1.29 is 0 Å². The number of benzene rings is 3. The Balaban J connectivity index is 2.82. The van der Waals surface area contributed by atoms with Crippen LogP contribution in [0.25, 0.3) is 0 Å². The summed E-state index contributed by atoms with van der Waals surface area (Å²) in [6.45, 7) is 41.1. The lowest BCUT2D eigenvalue weighted by molar-refractivity contribution is 0.426. The standard InChI is InChI=1S/C45H80N7P3S2/c1-16-46(17-2)53(47(18-3)19-4)43-34-37(13)28-31-40(43)52(41-32-29-38(14)35-44(41)54(56,48(20-5)21-6)49(22-7)23-8)42-33-30-39(15)36-45(42)55(57,50(24-9)25-10)51(26-11)27-12/h28-36,56-57H,16-27H2,1-15H3/q+2. The molecule has 7 nitrogen and oxygen atoms in total. The van der Waals surface area contributed by atoms with Crippen molar-refractivity contribution in [2.24, 2.45) is 0 Å².